The summed E-state index contributed by atoms with van der Waals surface area (Å²) in [6.07, 6.45) is 0.401. The van der Waals surface area contributed by atoms with Gasteiger partial charge in [-0.2, -0.15) is 0 Å². The summed E-state index contributed by atoms with van der Waals surface area (Å²) in [5.41, 5.74) is 8.44. The van der Waals surface area contributed by atoms with E-state index in [-0.39, 0.29) is 5.91 Å². The number of hydrogen-bond donors (Lipinski definition) is 1. The minimum atomic E-state index is 0.0850. The molecule has 1 aliphatic heterocycles. The molecule has 1 aliphatic rings. The molecule has 188 valence electrons. The van der Waals surface area contributed by atoms with Crippen molar-refractivity contribution >= 4 is 40.8 Å². The molecule has 0 aliphatic carbocycles. The number of hydrogen-bond acceptors (Lipinski definition) is 4. The number of carbonyl (C=O) groups is 1. The summed E-state index contributed by atoms with van der Waals surface area (Å²) in [5.74, 6) is 0.711. The van der Waals surface area contributed by atoms with Crippen LogP contribution in [0, 0.1) is 13.8 Å². The SMILES string of the molecule is Cc1ccc(-c2nc(SCCC(=O)N3c4ccccc4Sc4ccccc43)[nH]c2-c2ccc(C)cc2)cc1. The van der Waals surface area contributed by atoms with Crippen LogP contribution in [-0.2, 0) is 4.79 Å². The van der Waals surface area contributed by atoms with Crippen LogP contribution in [0.2, 0.25) is 0 Å². The Morgan fingerprint density at radius 1 is 0.789 bits per heavy atom. The summed E-state index contributed by atoms with van der Waals surface area (Å²) in [6.45, 7) is 4.18. The van der Waals surface area contributed by atoms with Crippen LogP contribution in [0.15, 0.2) is 112 Å². The van der Waals surface area contributed by atoms with Gasteiger partial charge in [0.25, 0.3) is 0 Å². The lowest BCUT2D eigenvalue weighted by molar-refractivity contribution is -0.117. The molecular weight excluding hydrogens is 507 g/mol. The number of para-hydroxylation sites is 2. The van der Waals surface area contributed by atoms with Crippen molar-refractivity contribution in [2.45, 2.75) is 35.2 Å². The summed E-state index contributed by atoms with van der Waals surface area (Å²) >= 11 is 3.30. The van der Waals surface area contributed by atoms with Crippen molar-refractivity contribution in [2.75, 3.05) is 10.7 Å². The van der Waals surface area contributed by atoms with Gasteiger partial charge in [-0.3, -0.25) is 9.69 Å². The Bertz CT molecular complexity index is 1500. The van der Waals surface area contributed by atoms with Crippen molar-refractivity contribution in [1.29, 1.82) is 0 Å². The molecule has 0 atom stereocenters. The Balaban J connectivity index is 1.24. The van der Waals surface area contributed by atoms with Gasteiger partial charge in [0.15, 0.2) is 5.16 Å². The highest BCUT2D eigenvalue weighted by molar-refractivity contribution is 7.99. The first kappa shape index (κ1) is 24.6. The quantitative estimate of drug-likeness (QED) is 0.222. The molecule has 0 radical (unpaired) electrons. The van der Waals surface area contributed by atoms with E-state index in [9.17, 15) is 4.79 Å². The van der Waals surface area contributed by atoms with Crippen LogP contribution >= 0.6 is 23.5 Å². The fourth-order valence-corrected chi connectivity index (χ4v) is 6.45. The average Bonchev–Trinajstić information content (AvgIpc) is 3.36. The highest BCUT2D eigenvalue weighted by Gasteiger charge is 2.27. The van der Waals surface area contributed by atoms with Crippen molar-refractivity contribution in [1.82, 2.24) is 9.97 Å². The lowest BCUT2D eigenvalue weighted by Crippen LogP contribution is -2.28. The molecule has 6 rings (SSSR count). The molecule has 5 aromatic rings. The van der Waals surface area contributed by atoms with Gasteiger partial charge in [-0.25, -0.2) is 4.98 Å². The number of anilines is 2. The summed E-state index contributed by atoms with van der Waals surface area (Å²) in [6, 6.07) is 33.2. The maximum atomic E-state index is 13.6. The predicted octanol–water partition coefficient (Wildman–Crippen LogP) is 8.67. The molecule has 1 N–H and O–H groups in total. The van der Waals surface area contributed by atoms with Crippen LogP contribution in [0.25, 0.3) is 22.5 Å². The Morgan fingerprint density at radius 3 is 1.95 bits per heavy atom. The standard InChI is InChI=1S/C32H27N3OS2/c1-21-11-15-23(16-12-21)30-31(24-17-13-22(2)14-18-24)34-32(33-30)37-20-19-29(36)35-25-7-3-5-9-27(25)38-28-10-6-4-8-26(28)35/h3-18H,19-20H2,1-2H3,(H,33,34). The number of nitrogens with one attached hydrogen (secondary N) is 1. The van der Waals surface area contributed by atoms with Crippen molar-refractivity contribution in [3.05, 3.63) is 108 Å². The van der Waals surface area contributed by atoms with E-state index in [0.717, 1.165) is 48.8 Å². The molecule has 0 spiro atoms. The second-order valence-electron chi connectivity index (χ2n) is 9.36. The van der Waals surface area contributed by atoms with E-state index in [1.54, 1.807) is 23.5 Å². The van der Waals surface area contributed by atoms with Crippen molar-refractivity contribution < 1.29 is 4.79 Å². The maximum Gasteiger partial charge on any atom is 0.232 e. The van der Waals surface area contributed by atoms with Crippen molar-refractivity contribution in [3.8, 4) is 22.5 Å². The van der Waals surface area contributed by atoms with E-state index >= 15 is 0 Å². The maximum absolute atomic E-state index is 13.6. The van der Waals surface area contributed by atoms with Gasteiger partial charge < -0.3 is 4.98 Å². The predicted molar refractivity (Wildman–Crippen MR) is 158 cm³/mol. The van der Waals surface area contributed by atoms with Gasteiger partial charge in [0.2, 0.25) is 5.91 Å². The van der Waals surface area contributed by atoms with Crippen LogP contribution in [0.5, 0.6) is 0 Å². The molecule has 0 fully saturated rings. The fourth-order valence-electron chi connectivity index (χ4n) is 4.59. The number of imidazole rings is 1. The van der Waals surface area contributed by atoms with Crippen LogP contribution in [-0.4, -0.2) is 21.6 Å². The van der Waals surface area contributed by atoms with Crippen molar-refractivity contribution in [2.24, 2.45) is 0 Å². The zero-order valence-electron chi connectivity index (χ0n) is 21.3. The van der Waals surface area contributed by atoms with E-state index in [0.29, 0.717) is 12.2 Å². The molecule has 0 saturated heterocycles. The monoisotopic (exact) mass is 533 g/mol. The molecule has 2 heterocycles. The molecule has 0 unspecified atom stereocenters. The van der Waals surface area contributed by atoms with E-state index in [4.69, 9.17) is 4.98 Å². The van der Waals surface area contributed by atoms with Crippen LogP contribution in [0.1, 0.15) is 17.5 Å². The number of aromatic nitrogens is 2. The third-order valence-electron chi connectivity index (χ3n) is 6.58. The number of thioether (sulfide) groups is 1. The first-order valence-corrected chi connectivity index (χ1v) is 14.4. The topological polar surface area (TPSA) is 49.0 Å². The normalized spacial score (nSPS) is 12.2. The summed E-state index contributed by atoms with van der Waals surface area (Å²) in [4.78, 5) is 26.1. The number of benzene rings is 4. The fraction of sp³-hybridized carbons (Fsp3) is 0.125. The van der Waals surface area contributed by atoms with Gasteiger partial charge >= 0.3 is 0 Å². The van der Waals surface area contributed by atoms with Gasteiger partial charge in [-0.15, -0.1) is 0 Å². The zero-order valence-corrected chi connectivity index (χ0v) is 22.9. The van der Waals surface area contributed by atoms with Crippen LogP contribution in [0.4, 0.5) is 11.4 Å². The third-order valence-corrected chi connectivity index (χ3v) is 8.59. The van der Waals surface area contributed by atoms with Crippen molar-refractivity contribution in [3.63, 3.8) is 0 Å². The molecule has 0 saturated carbocycles. The summed E-state index contributed by atoms with van der Waals surface area (Å²) < 4.78 is 0. The Kier molecular flexibility index (Phi) is 6.83. The molecule has 4 aromatic carbocycles. The molecule has 1 aromatic heterocycles. The minimum absolute atomic E-state index is 0.0850. The number of amides is 1. The highest BCUT2D eigenvalue weighted by atomic mass is 32.2. The van der Waals surface area contributed by atoms with Gasteiger partial charge in [-0.05, 0) is 38.1 Å². The number of aryl methyl sites for hydroxylation is 2. The molecule has 38 heavy (non-hydrogen) atoms. The van der Waals surface area contributed by atoms with Gasteiger partial charge in [0.1, 0.15) is 0 Å². The summed E-state index contributed by atoms with van der Waals surface area (Å²) in [7, 11) is 0. The van der Waals surface area contributed by atoms with Gasteiger partial charge in [-0.1, -0.05) is 107 Å². The molecule has 6 heteroatoms. The zero-order chi connectivity index (χ0) is 26.1. The molecular formula is C32H27N3OS2. The largest absolute Gasteiger partial charge is 0.332 e. The lowest BCUT2D eigenvalue weighted by atomic mass is 10.0. The number of fused-ring (bicyclic) bond motifs is 2. The Hall–Kier alpha value is -3.74. The smallest absolute Gasteiger partial charge is 0.232 e. The highest BCUT2D eigenvalue weighted by Crippen LogP contribution is 2.48. The van der Waals surface area contributed by atoms with Crippen LogP contribution in [0.3, 0.4) is 0 Å². The van der Waals surface area contributed by atoms with Gasteiger partial charge in [0.05, 0.1) is 22.8 Å². The first-order chi connectivity index (χ1) is 18.6. The minimum Gasteiger partial charge on any atom is -0.332 e. The van der Waals surface area contributed by atoms with E-state index in [1.165, 1.54) is 11.1 Å². The van der Waals surface area contributed by atoms with E-state index in [2.05, 4.69) is 79.5 Å². The second kappa shape index (κ2) is 10.6. The second-order valence-corrected chi connectivity index (χ2v) is 11.5. The number of rotatable bonds is 6. The number of aromatic amines is 1. The van der Waals surface area contributed by atoms with E-state index in [1.807, 2.05) is 41.3 Å². The molecule has 1 amide bonds. The van der Waals surface area contributed by atoms with E-state index < -0.39 is 0 Å². The third kappa shape index (κ3) is 4.89. The van der Waals surface area contributed by atoms with Gasteiger partial charge in [0, 0.05) is 33.1 Å². The first-order valence-electron chi connectivity index (χ1n) is 12.6. The summed E-state index contributed by atoms with van der Waals surface area (Å²) in [5, 5.41) is 0.818. The molecule has 4 nitrogen and oxygen atoms in total. The average molecular weight is 534 g/mol. The lowest BCUT2D eigenvalue weighted by Gasteiger charge is -2.31. The van der Waals surface area contributed by atoms with Crippen LogP contribution < -0.4 is 4.90 Å². The number of H-pyrrole nitrogens is 1. The number of carbonyl (C=O) groups excluding carboxylic acids is 1. The number of nitrogens with zero attached hydrogens (tertiary/aromatic N) is 2. The molecule has 0 bridgehead atoms. The Morgan fingerprint density at radius 2 is 1.34 bits per heavy atom. The Labute approximate surface area is 231 Å².